The Labute approximate surface area is 116 Å². The zero-order valence-corrected chi connectivity index (χ0v) is 12.7. The second-order valence-electron chi connectivity index (χ2n) is 3.93. The van der Waals surface area contributed by atoms with Crippen LogP contribution in [-0.2, 0) is 15.6 Å². The van der Waals surface area contributed by atoms with Crippen LogP contribution in [-0.4, -0.2) is 19.5 Å². The Hall–Kier alpha value is -0.0600. The van der Waals surface area contributed by atoms with Gasteiger partial charge in [0.2, 0.25) is 0 Å². The molecule has 0 heterocycles. The Morgan fingerprint density at radius 3 is 2.47 bits per heavy atom. The van der Waals surface area contributed by atoms with Crippen LogP contribution >= 0.6 is 27.5 Å². The average molecular weight is 340 g/mol. The normalized spacial score (nSPS) is 11.6. The van der Waals surface area contributed by atoms with Crippen molar-refractivity contribution >= 4 is 37.4 Å². The summed E-state index contributed by atoms with van der Waals surface area (Å²) in [5, 5.41) is 1.45. The molecule has 1 rings (SSSR count). The summed E-state index contributed by atoms with van der Waals surface area (Å²) in [6.45, 7) is 0. The highest BCUT2D eigenvalue weighted by Gasteiger charge is 2.13. The number of benzene rings is 1. The van der Waals surface area contributed by atoms with Gasteiger partial charge in [-0.15, -0.1) is 0 Å². The molecule has 0 fully saturated rings. The van der Waals surface area contributed by atoms with Gasteiger partial charge in [0, 0.05) is 10.4 Å². The van der Waals surface area contributed by atoms with Crippen LogP contribution in [0.4, 0.5) is 0 Å². The zero-order valence-electron chi connectivity index (χ0n) is 9.53. The van der Waals surface area contributed by atoms with Crippen molar-refractivity contribution in [3.05, 3.63) is 34.9 Å². The summed E-state index contributed by atoms with van der Waals surface area (Å²) in [6.07, 6.45) is 2.67. The van der Waals surface area contributed by atoms with Gasteiger partial charge in [-0.1, -0.05) is 52.2 Å². The van der Waals surface area contributed by atoms with Crippen molar-refractivity contribution < 1.29 is 8.42 Å². The van der Waals surface area contributed by atoms with Gasteiger partial charge in [-0.2, -0.15) is 0 Å². The van der Waals surface area contributed by atoms with E-state index in [4.69, 9.17) is 11.6 Å². The van der Waals surface area contributed by atoms with Crippen molar-refractivity contribution in [2.45, 2.75) is 25.0 Å². The van der Waals surface area contributed by atoms with E-state index in [-0.39, 0.29) is 11.5 Å². The molecule has 0 radical (unpaired) electrons. The minimum atomic E-state index is -3.04. The van der Waals surface area contributed by atoms with Crippen LogP contribution < -0.4 is 0 Å². The monoisotopic (exact) mass is 338 g/mol. The van der Waals surface area contributed by atoms with E-state index in [0.717, 1.165) is 24.6 Å². The van der Waals surface area contributed by atoms with E-state index in [1.165, 1.54) is 0 Å². The first-order valence-corrected chi connectivity index (χ1v) is 8.87. The molecule has 96 valence electrons. The van der Waals surface area contributed by atoms with E-state index >= 15 is 0 Å². The molecular formula is C12H16BrClO2S. The Bertz CT molecular complexity index is 446. The molecule has 0 spiro atoms. The lowest BCUT2D eigenvalue weighted by Gasteiger charge is -2.05. The molecule has 17 heavy (non-hydrogen) atoms. The number of halogens is 2. The molecule has 0 amide bonds. The lowest BCUT2D eigenvalue weighted by molar-refractivity contribution is 0.590. The summed E-state index contributed by atoms with van der Waals surface area (Å²) < 4.78 is 23.7. The molecule has 0 N–H and O–H groups in total. The standard InChI is InChI=1S/C12H16BrClO2S/c13-8-4-1-5-9-17(15,16)10-11-6-2-3-7-12(11)14/h2-3,6-7H,1,4-5,8-10H2. The van der Waals surface area contributed by atoms with E-state index in [1.54, 1.807) is 18.2 Å². The number of rotatable bonds is 7. The summed E-state index contributed by atoms with van der Waals surface area (Å²) >= 11 is 9.27. The SMILES string of the molecule is O=S(=O)(CCCCCBr)Cc1ccccc1Cl. The topological polar surface area (TPSA) is 34.1 Å². The summed E-state index contributed by atoms with van der Waals surface area (Å²) in [6, 6.07) is 7.09. The summed E-state index contributed by atoms with van der Waals surface area (Å²) in [7, 11) is -3.04. The summed E-state index contributed by atoms with van der Waals surface area (Å²) in [5.41, 5.74) is 0.689. The molecule has 0 atom stereocenters. The van der Waals surface area contributed by atoms with E-state index in [9.17, 15) is 8.42 Å². The highest BCUT2D eigenvalue weighted by Crippen LogP contribution is 2.18. The summed E-state index contributed by atoms with van der Waals surface area (Å²) in [4.78, 5) is 0. The van der Waals surface area contributed by atoms with Crippen molar-refractivity contribution in [3.8, 4) is 0 Å². The lowest BCUT2D eigenvalue weighted by atomic mass is 10.2. The molecular weight excluding hydrogens is 324 g/mol. The smallest absolute Gasteiger partial charge is 0.154 e. The second-order valence-corrected chi connectivity index (χ2v) is 7.32. The maximum atomic E-state index is 11.8. The van der Waals surface area contributed by atoms with Crippen LogP contribution in [0, 0.1) is 0 Å². The van der Waals surface area contributed by atoms with Crippen LogP contribution in [0.2, 0.25) is 5.02 Å². The van der Waals surface area contributed by atoms with Gasteiger partial charge in [0.1, 0.15) is 0 Å². The molecule has 1 aromatic carbocycles. The van der Waals surface area contributed by atoms with Gasteiger partial charge in [0.25, 0.3) is 0 Å². The van der Waals surface area contributed by atoms with Crippen LogP contribution in [0.1, 0.15) is 24.8 Å². The number of sulfone groups is 1. The maximum absolute atomic E-state index is 11.8. The van der Waals surface area contributed by atoms with Crippen molar-refractivity contribution in [1.29, 1.82) is 0 Å². The van der Waals surface area contributed by atoms with Crippen LogP contribution in [0.25, 0.3) is 0 Å². The molecule has 0 saturated heterocycles. The molecule has 0 unspecified atom stereocenters. The number of alkyl halides is 1. The highest BCUT2D eigenvalue weighted by atomic mass is 79.9. The molecule has 1 aromatic rings. The zero-order chi connectivity index (χ0) is 12.7. The van der Waals surface area contributed by atoms with Crippen molar-refractivity contribution in [1.82, 2.24) is 0 Å². The van der Waals surface area contributed by atoms with Gasteiger partial charge < -0.3 is 0 Å². The molecule has 0 aliphatic carbocycles. The van der Waals surface area contributed by atoms with Crippen molar-refractivity contribution in [2.75, 3.05) is 11.1 Å². The fraction of sp³-hybridized carbons (Fsp3) is 0.500. The Kier molecular flexibility index (Phi) is 6.52. The van der Waals surface area contributed by atoms with Crippen LogP contribution in [0.3, 0.4) is 0 Å². The Balaban J connectivity index is 2.52. The third-order valence-electron chi connectivity index (χ3n) is 2.42. The molecule has 0 saturated carbocycles. The third-order valence-corrected chi connectivity index (χ3v) is 5.01. The van der Waals surface area contributed by atoms with Crippen LogP contribution in [0.15, 0.2) is 24.3 Å². The van der Waals surface area contributed by atoms with E-state index < -0.39 is 9.84 Å². The number of hydrogen-bond donors (Lipinski definition) is 0. The molecule has 2 nitrogen and oxygen atoms in total. The fourth-order valence-electron chi connectivity index (χ4n) is 1.52. The molecule has 0 aliphatic heterocycles. The van der Waals surface area contributed by atoms with E-state index in [1.807, 2.05) is 6.07 Å². The van der Waals surface area contributed by atoms with Crippen molar-refractivity contribution in [3.63, 3.8) is 0 Å². The largest absolute Gasteiger partial charge is 0.228 e. The highest BCUT2D eigenvalue weighted by molar-refractivity contribution is 9.09. The second kappa shape index (κ2) is 7.39. The molecule has 0 aliphatic rings. The molecule has 0 aromatic heterocycles. The van der Waals surface area contributed by atoms with Gasteiger partial charge in [0.15, 0.2) is 9.84 Å². The first-order valence-electron chi connectivity index (χ1n) is 5.55. The predicted octanol–water partition coefficient (Wildman–Crippen LogP) is 3.82. The fourth-order valence-corrected chi connectivity index (χ4v) is 3.71. The Morgan fingerprint density at radius 1 is 1.12 bits per heavy atom. The minimum absolute atomic E-state index is 0.0426. The van der Waals surface area contributed by atoms with Crippen LogP contribution in [0.5, 0.6) is 0 Å². The lowest BCUT2D eigenvalue weighted by Crippen LogP contribution is -2.09. The first kappa shape index (κ1) is 15.0. The summed E-state index contributed by atoms with van der Waals surface area (Å²) in [5.74, 6) is 0.284. The van der Waals surface area contributed by atoms with Gasteiger partial charge in [-0.05, 0) is 24.5 Å². The van der Waals surface area contributed by atoms with Gasteiger partial charge >= 0.3 is 0 Å². The molecule has 0 bridgehead atoms. The van der Waals surface area contributed by atoms with Gasteiger partial charge in [0.05, 0.1) is 11.5 Å². The van der Waals surface area contributed by atoms with E-state index in [2.05, 4.69) is 15.9 Å². The average Bonchev–Trinajstić information content (AvgIpc) is 2.28. The van der Waals surface area contributed by atoms with E-state index in [0.29, 0.717) is 10.6 Å². The molecule has 5 heteroatoms. The first-order chi connectivity index (χ1) is 8.05. The quantitative estimate of drug-likeness (QED) is 0.559. The number of unbranched alkanes of at least 4 members (excludes halogenated alkanes) is 2. The van der Waals surface area contributed by atoms with Gasteiger partial charge in [-0.25, -0.2) is 8.42 Å². The van der Waals surface area contributed by atoms with Gasteiger partial charge in [-0.3, -0.25) is 0 Å². The third kappa shape index (κ3) is 5.89. The van der Waals surface area contributed by atoms with Crippen molar-refractivity contribution in [2.24, 2.45) is 0 Å². The Morgan fingerprint density at radius 2 is 1.82 bits per heavy atom. The maximum Gasteiger partial charge on any atom is 0.154 e. The number of hydrogen-bond acceptors (Lipinski definition) is 2. The minimum Gasteiger partial charge on any atom is -0.228 e. The predicted molar refractivity (Wildman–Crippen MR) is 76.6 cm³/mol.